The van der Waals surface area contributed by atoms with Gasteiger partial charge in [-0.2, -0.15) is 0 Å². The zero-order valence-corrected chi connectivity index (χ0v) is 19.5. The number of allylic oxidation sites excluding steroid dienone is 1. The Hall–Kier alpha value is -3.21. The lowest BCUT2D eigenvalue weighted by atomic mass is 10.0. The maximum Gasteiger partial charge on any atom is 0.433 e. The fraction of sp³-hybridized carbons (Fsp3) is 0.190. The Balaban J connectivity index is 1.94. The summed E-state index contributed by atoms with van der Waals surface area (Å²) >= 11 is 13.3. The molecule has 3 aromatic rings. The van der Waals surface area contributed by atoms with E-state index in [1.165, 1.54) is 16.7 Å². The van der Waals surface area contributed by atoms with Crippen molar-refractivity contribution >= 4 is 58.2 Å². The summed E-state index contributed by atoms with van der Waals surface area (Å²) in [5.74, 6) is -1.10. The number of hydrogen-bond acceptors (Lipinski definition) is 8. The number of nitrogens with zero attached hydrogens (tertiary/aromatic N) is 3. The standard InChI is InChI=1S/C21H15Cl2N3O6S/c1-3-31-20(28)17-10(2)25-19(27)15(8-11-4-5-12(22)9-13(11)23)33-21(25)24-18(17)14-6-7-16(32-14)26(29)30/h4-9,18H,3H2,1-2H3/b15-8-/t18-/m1/s1. The molecule has 33 heavy (non-hydrogen) atoms. The van der Waals surface area contributed by atoms with Gasteiger partial charge in [-0.15, -0.1) is 0 Å². The highest BCUT2D eigenvalue weighted by atomic mass is 35.5. The van der Waals surface area contributed by atoms with Gasteiger partial charge in [0.2, 0.25) is 0 Å². The van der Waals surface area contributed by atoms with Crippen LogP contribution in [-0.2, 0) is 9.53 Å². The molecule has 12 heteroatoms. The van der Waals surface area contributed by atoms with E-state index in [1.807, 2.05) is 0 Å². The van der Waals surface area contributed by atoms with Crippen LogP contribution in [0.1, 0.15) is 31.2 Å². The van der Waals surface area contributed by atoms with Crippen molar-refractivity contribution in [3.05, 3.63) is 87.1 Å². The predicted octanol–water partition coefficient (Wildman–Crippen LogP) is 3.72. The Morgan fingerprint density at radius 3 is 2.76 bits per heavy atom. The highest BCUT2D eigenvalue weighted by molar-refractivity contribution is 7.07. The average molecular weight is 508 g/mol. The van der Waals surface area contributed by atoms with Crippen molar-refractivity contribution in [2.75, 3.05) is 6.61 Å². The smallest absolute Gasteiger partial charge is 0.433 e. The minimum absolute atomic E-state index is 0.0598. The molecule has 0 saturated carbocycles. The topological polar surface area (TPSA) is 117 Å². The summed E-state index contributed by atoms with van der Waals surface area (Å²) in [4.78, 5) is 41.1. The van der Waals surface area contributed by atoms with Crippen molar-refractivity contribution in [3.8, 4) is 0 Å². The maximum atomic E-state index is 13.2. The van der Waals surface area contributed by atoms with E-state index in [2.05, 4.69) is 4.99 Å². The minimum Gasteiger partial charge on any atom is -0.463 e. The molecule has 1 aliphatic heterocycles. The van der Waals surface area contributed by atoms with E-state index in [4.69, 9.17) is 32.4 Å². The Bertz CT molecular complexity index is 1500. The average Bonchev–Trinajstić information content (AvgIpc) is 3.36. The van der Waals surface area contributed by atoms with Gasteiger partial charge < -0.3 is 9.15 Å². The molecule has 3 heterocycles. The molecule has 9 nitrogen and oxygen atoms in total. The van der Waals surface area contributed by atoms with Crippen LogP contribution in [0.3, 0.4) is 0 Å². The van der Waals surface area contributed by atoms with Gasteiger partial charge in [-0.25, -0.2) is 9.79 Å². The number of rotatable bonds is 5. The van der Waals surface area contributed by atoms with Crippen LogP contribution in [0.4, 0.5) is 5.88 Å². The number of carbonyl (C=O) groups is 1. The fourth-order valence-corrected chi connectivity index (χ4v) is 4.86. The van der Waals surface area contributed by atoms with Crippen molar-refractivity contribution in [1.29, 1.82) is 0 Å². The molecule has 0 spiro atoms. The van der Waals surface area contributed by atoms with Gasteiger partial charge in [-0.1, -0.05) is 40.6 Å². The Morgan fingerprint density at radius 2 is 2.12 bits per heavy atom. The lowest BCUT2D eigenvalue weighted by Gasteiger charge is -2.20. The van der Waals surface area contributed by atoms with Gasteiger partial charge in [0.05, 0.1) is 22.8 Å². The first-order valence-corrected chi connectivity index (χ1v) is 11.2. The number of thiazole rings is 1. The van der Waals surface area contributed by atoms with E-state index in [1.54, 1.807) is 38.1 Å². The van der Waals surface area contributed by atoms with Gasteiger partial charge >= 0.3 is 11.9 Å². The van der Waals surface area contributed by atoms with Gasteiger partial charge in [-0.3, -0.25) is 19.5 Å². The van der Waals surface area contributed by atoms with E-state index < -0.39 is 28.4 Å². The number of furan rings is 1. The van der Waals surface area contributed by atoms with E-state index in [-0.39, 0.29) is 17.9 Å². The van der Waals surface area contributed by atoms with Crippen LogP contribution in [0.2, 0.25) is 10.0 Å². The van der Waals surface area contributed by atoms with Crippen LogP contribution in [0, 0.1) is 10.1 Å². The monoisotopic (exact) mass is 507 g/mol. The molecule has 0 aliphatic carbocycles. The molecule has 0 saturated heterocycles. The Labute approximate surface area is 200 Å². The van der Waals surface area contributed by atoms with E-state index in [9.17, 15) is 19.7 Å². The number of aromatic nitrogens is 1. The van der Waals surface area contributed by atoms with Gasteiger partial charge in [0.25, 0.3) is 5.56 Å². The Kier molecular flexibility index (Phi) is 6.24. The Morgan fingerprint density at radius 1 is 1.36 bits per heavy atom. The molecule has 4 rings (SSSR count). The number of carbonyl (C=O) groups excluding carboxylic acids is 1. The van der Waals surface area contributed by atoms with Crippen molar-refractivity contribution < 1.29 is 18.9 Å². The molecule has 0 unspecified atom stereocenters. The van der Waals surface area contributed by atoms with E-state index >= 15 is 0 Å². The van der Waals surface area contributed by atoms with Crippen LogP contribution in [0.5, 0.6) is 0 Å². The quantitative estimate of drug-likeness (QED) is 0.295. The molecule has 0 fully saturated rings. The van der Waals surface area contributed by atoms with Crippen LogP contribution < -0.4 is 14.9 Å². The summed E-state index contributed by atoms with van der Waals surface area (Å²) in [7, 11) is 0. The summed E-state index contributed by atoms with van der Waals surface area (Å²) in [6, 6.07) is 6.44. The molecule has 0 amide bonds. The number of esters is 1. The normalized spacial score (nSPS) is 15.9. The van der Waals surface area contributed by atoms with E-state index in [0.29, 0.717) is 30.6 Å². The number of hydrogen-bond donors (Lipinski definition) is 0. The highest BCUT2D eigenvalue weighted by Gasteiger charge is 2.34. The molecule has 0 radical (unpaired) electrons. The van der Waals surface area contributed by atoms with Crippen LogP contribution in [-0.4, -0.2) is 22.1 Å². The molecule has 1 aliphatic rings. The lowest BCUT2D eigenvalue weighted by Crippen LogP contribution is -2.35. The molecular weight excluding hydrogens is 493 g/mol. The van der Waals surface area contributed by atoms with Gasteiger partial charge in [-0.05, 0) is 43.7 Å². The van der Waals surface area contributed by atoms with E-state index in [0.717, 1.165) is 11.3 Å². The van der Waals surface area contributed by atoms with Crippen LogP contribution >= 0.6 is 34.5 Å². The summed E-state index contributed by atoms with van der Waals surface area (Å²) in [5, 5.41) is 11.9. The maximum absolute atomic E-state index is 13.2. The second-order valence-electron chi connectivity index (χ2n) is 6.88. The fourth-order valence-electron chi connectivity index (χ4n) is 3.37. The largest absolute Gasteiger partial charge is 0.463 e. The summed E-state index contributed by atoms with van der Waals surface area (Å²) in [6.07, 6.45) is 1.61. The zero-order valence-electron chi connectivity index (χ0n) is 17.2. The molecule has 1 atom stereocenters. The highest BCUT2D eigenvalue weighted by Crippen LogP contribution is 2.34. The zero-order chi connectivity index (χ0) is 23.9. The molecule has 2 aromatic heterocycles. The second kappa shape index (κ2) is 8.97. The molecule has 1 aromatic carbocycles. The number of halogens is 2. The molecule has 170 valence electrons. The van der Waals surface area contributed by atoms with Crippen LogP contribution in [0.25, 0.3) is 11.8 Å². The minimum atomic E-state index is -1.01. The summed E-state index contributed by atoms with van der Waals surface area (Å²) in [6.45, 7) is 3.33. The van der Waals surface area contributed by atoms with Crippen LogP contribution in [0.15, 0.2) is 50.1 Å². The van der Waals surface area contributed by atoms with Crippen molar-refractivity contribution in [2.24, 2.45) is 4.99 Å². The first-order valence-electron chi connectivity index (χ1n) is 9.60. The predicted molar refractivity (Wildman–Crippen MR) is 123 cm³/mol. The number of benzene rings is 1. The number of nitro groups is 1. The number of ether oxygens (including phenoxy) is 1. The van der Waals surface area contributed by atoms with Crippen molar-refractivity contribution in [2.45, 2.75) is 19.9 Å². The van der Waals surface area contributed by atoms with Crippen molar-refractivity contribution in [3.63, 3.8) is 0 Å². The van der Waals surface area contributed by atoms with Gasteiger partial charge in [0, 0.05) is 15.7 Å². The SMILES string of the molecule is CCOC(=O)C1=C(C)n2c(s/c(=C\c3ccc(Cl)cc3Cl)c2=O)=N[C@@H]1c1ccc([N+](=O)[O-])o1. The van der Waals surface area contributed by atoms with Crippen molar-refractivity contribution in [1.82, 2.24) is 4.57 Å². The first-order chi connectivity index (χ1) is 15.7. The lowest BCUT2D eigenvalue weighted by molar-refractivity contribution is -0.402. The second-order valence-corrected chi connectivity index (χ2v) is 8.74. The first kappa shape index (κ1) is 23.0. The molecule has 0 bridgehead atoms. The van der Waals surface area contributed by atoms with Gasteiger partial charge in [0.1, 0.15) is 16.7 Å². The third kappa shape index (κ3) is 4.24. The third-order valence-electron chi connectivity index (χ3n) is 4.85. The molecular formula is C21H15Cl2N3O6S. The summed E-state index contributed by atoms with van der Waals surface area (Å²) in [5.41, 5.74) is 0.547. The third-order valence-corrected chi connectivity index (χ3v) is 6.40. The molecule has 0 N–H and O–H groups in total. The number of fused-ring (bicyclic) bond motifs is 1. The summed E-state index contributed by atoms with van der Waals surface area (Å²) < 4.78 is 12.1. The van der Waals surface area contributed by atoms with Gasteiger partial charge in [0.15, 0.2) is 4.80 Å².